The molecule has 2 aromatic carbocycles. The second-order valence-electron chi connectivity index (χ2n) is 5.83. The molecular formula is C21H25NO3. The van der Waals surface area contributed by atoms with Crippen LogP contribution >= 0.6 is 0 Å². The maximum atomic E-state index is 11.8. The fourth-order valence-corrected chi connectivity index (χ4v) is 2.82. The first kappa shape index (κ1) is 18.6. The molecule has 1 N–H and O–H groups in total. The molecule has 0 heterocycles. The number of ether oxygens (including phenoxy) is 1. The van der Waals surface area contributed by atoms with E-state index in [-0.39, 0.29) is 5.57 Å². The lowest BCUT2D eigenvalue weighted by molar-refractivity contribution is -0.130. The van der Waals surface area contributed by atoms with Crippen molar-refractivity contribution in [1.29, 1.82) is 0 Å². The number of nitrogens with zero attached hydrogens (tertiary/aromatic N) is 1. The van der Waals surface area contributed by atoms with Crippen LogP contribution in [0.25, 0.3) is 11.6 Å². The van der Waals surface area contributed by atoms with E-state index in [0.29, 0.717) is 11.3 Å². The average Bonchev–Trinajstić information content (AvgIpc) is 2.61. The van der Waals surface area contributed by atoms with Crippen molar-refractivity contribution >= 4 is 23.3 Å². The van der Waals surface area contributed by atoms with Gasteiger partial charge in [-0.15, -0.1) is 0 Å². The Morgan fingerprint density at radius 2 is 1.76 bits per heavy atom. The van der Waals surface area contributed by atoms with Crippen LogP contribution in [0.15, 0.2) is 42.5 Å². The first-order chi connectivity index (χ1) is 12.0. The summed E-state index contributed by atoms with van der Waals surface area (Å²) < 4.78 is 5.34. The summed E-state index contributed by atoms with van der Waals surface area (Å²) in [6.45, 7) is 8.04. The normalized spacial score (nSPS) is 11.3. The summed E-state index contributed by atoms with van der Waals surface area (Å²) in [6.07, 6.45) is 1.69. The van der Waals surface area contributed by atoms with Crippen LogP contribution < -0.4 is 9.64 Å². The van der Waals surface area contributed by atoms with Gasteiger partial charge >= 0.3 is 5.97 Å². The molecule has 0 saturated carbocycles. The van der Waals surface area contributed by atoms with Gasteiger partial charge in [0, 0.05) is 24.3 Å². The second-order valence-corrected chi connectivity index (χ2v) is 5.83. The molecule has 0 aliphatic heterocycles. The number of carbonyl (C=O) groups is 1. The summed E-state index contributed by atoms with van der Waals surface area (Å²) >= 11 is 0. The van der Waals surface area contributed by atoms with E-state index in [1.807, 2.05) is 43.3 Å². The van der Waals surface area contributed by atoms with Crippen molar-refractivity contribution in [3.63, 3.8) is 0 Å². The Balaban J connectivity index is 2.44. The smallest absolute Gasteiger partial charge is 0.336 e. The summed E-state index contributed by atoms with van der Waals surface area (Å²) in [7, 11) is 1.55. The van der Waals surface area contributed by atoms with Crippen LogP contribution in [0.5, 0.6) is 5.75 Å². The first-order valence-electron chi connectivity index (χ1n) is 8.45. The minimum Gasteiger partial charge on any atom is -0.496 e. The van der Waals surface area contributed by atoms with E-state index in [9.17, 15) is 9.90 Å². The Hall–Kier alpha value is -2.75. The summed E-state index contributed by atoms with van der Waals surface area (Å²) in [6, 6.07) is 13.5. The molecule has 0 saturated heterocycles. The molecule has 4 nitrogen and oxygen atoms in total. The molecule has 0 aliphatic carbocycles. The standard InChI is InChI=1S/C21H25NO3/c1-5-22(6-2)17-10-8-16(9-11-17)14-19(21(23)24)18-13-15(3)7-12-20(18)25-4/h7-14H,5-6H2,1-4H3,(H,23,24)/b19-14-. The van der Waals surface area contributed by atoms with Gasteiger partial charge in [-0.3, -0.25) is 0 Å². The van der Waals surface area contributed by atoms with Crippen LogP contribution in [0, 0.1) is 6.92 Å². The lowest BCUT2D eigenvalue weighted by Gasteiger charge is -2.21. The minimum atomic E-state index is -0.975. The third-order valence-corrected chi connectivity index (χ3v) is 4.21. The molecule has 132 valence electrons. The van der Waals surface area contributed by atoms with E-state index in [0.717, 1.165) is 29.9 Å². The van der Waals surface area contributed by atoms with Gasteiger partial charge in [0.15, 0.2) is 0 Å². The summed E-state index contributed by atoms with van der Waals surface area (Å²) in [4.78, 5) is 14.1. The van der Waals surface area contributed by atoms with Gasteiger partial charge < -0.3 is 14.7 Å². The molecule has 0 spiro atoms. The van der Waals surface area contributed by atoms with Crippen LogP contribution in [0.4, 0.5) is 5.69 Å². The fraction of sp³-hybridized carbons (Fsp3) is 0.286. The van der Waals surface area contributed by atoms with E-state index in [1.54, 1.807) is 19.3 Å². The van der Waals surface area contributed by atoms with Gasteiger partial charge in [-0.2, -0.15) is 0 Å². The number of aryl methyl sites for hydroxylation is 1. The number of hydrogen-bond acceptors (Lipinski definition) is 3. The molecule has 4 heteroatoms. The van der Waals surface area contributed by atoms with E-state index >= 15 is 0 Å². The quantitative estimate of drug-likeness (QED) is 0.597. The highest BCUT2D eigenvalue weighted by atomic mass is 16.5. The van der Waals surface area contributed by atoms with Gasteiger partial charge in [0.2, 0.25) is 0 Å². The minimum absolute atomic E-state index is 0.219. The Labute approximate surface area is 149 Å². The molecule has 0 amide bonds. The molecule has 0 unspecified atom stereocenters. The van der Waals surface area contributed by atoms with Gasteiger partial charge in [0.1, 0.15) is 5.75 Å². The molecule has 0 bridgehead atoms. The predicted molar refractivity (Wildman–Crippen MR) is 103 cm³/mol. The molecular weight excluding hydrogens is 314 g/mol. The van der Waals surface area contributed by atoms with Crippen molar-refractivity contribution in [2.24, 2.45) is 0 Å². The lowest BCUT2D eigenvalue weighted by Crippen LogP contribution is -2.21. The number of rotatable bonds is 7. The molecule has 0 aromatic heterocycles. The number of carboxylic acids is 1. The lowest BCUT2D eigenvalue weighted by atomic mass is 9.99. The highest BCUT2D eigenvalue weighted by Gasteiger charge is 2.16. The topological polar surface area (TPSA) is 49.8 Å². The van der Waals surface area contributed by atoms with Gasteiger partial charge in [-0.05, 0) is 56.7 Å². The van der Waals surface area contributed by atoms with Crippen LogP contribution in [0.2, 0.25) is 0 Å². The molecule has 0 radical (unpaired) electrons. The zero-order valence-corrected chi connectivity index (χ0v) is 15.2. The number of aliphatic carboxylic acids is 1. The predicted octanol–water partition coefficient (Wildman–Crippen LogP) is 4.48. The van der Waals surface area contributed by atoms with E-state index in [1.165, 1.54) is 0 Å². The average molecular weight is 339 g/mol. The fourth-order valence-electron chi connectivity index (χ4n) is 2.82. The zero-order chi connectivity index (χ0) is 18.4. The number of benzene rings is 2. The van der Waals surface area contributed by atoms with Crippen molar-refractivity contribution in [3.05, 3.63) is 59.2 Å². The Morgan fingerprint density at radius 3 is 2.28 bits per heavy atom. The molecule has 2 rings (SSSR count). The number of hydrogen-bond donors (Lipinski definition) is 1. The summed E-state index contributed by atoms with van der Waals surface area (Å²) in [5.74, 6) is -0.421. The zero-order valence-electron chi connectivity index (χ0n) is 15.2. The summed E-state index contributed by atoms with van der Waals surface area (Å²) in [5.41, 5.74) is 3.77. The van der Waals surface area contributed by atoms with Crippen LogP contribution in [0.1, 0.15) is 30.5 Å². The van der Waals surface area contributed by atoms with Crippen LogP contribution in [0.3, 0.4) is 0 Å². The van der Waals surface area contributed by atoms with Gasteiger partial charge in [0.05, 0.1) is 12.7 Å². The van der Waals surface area contributed by atoms with E-state index < -0.39 is 5.97 Å². The molecule has 25 heavy (non-hydrogen) atoms. The summed E-state index contributed by atoms with van der Waals surface area (Å²) in [5, 5.41) is 9.69. The monoisotopic (exact) mass is 339 g/mol. The number of methoxy groups -OCH3 is 1. The molecule has 0 fully saturated rings. The Morgan fingerprint density at radius 1 is 1.12 bits per heavy atom. The van der Waals surface area contributed by atoms with Crippen molar-refractivity contribution in [1.82, 2.24) is 0 Å². The largest absolute Gasteiger partial charge is 0.496 e. The van der Waals surface area contributed by atoms with Gasteiger partial charge in [0.25, 0.3) is 0 Å². The van der Waals surface area contributed by atoms with Crippen molar-refractivity contribution < 1.29 is 14.6 Å². The van der Waals surface area contributed by atoms with Crippen LogP contribution in [-0.2, 0) is 4.79 Å². The highest BCUT2D eigenvalue weighted by molar-refractivity contribution is 6.21. The van der Waals surface area contributed by atoms with Gasteiger partial charge in [-0.25, -0.2) is 4.79 Å². The third kappa shape index (κ3) is 4.41. The molecule has 2 aromatic rings. The molecule has 0 aliphatic rings. The SMILES string of the molecule is CCN(CC)c1ccc(/C=C(\C(=O)O)c2cc(C)ccc2OC)cc1. The number of carboxylic acid groups (broad SMARTS) is 1. The Kier molecular flexibility index (Phi) is 6.23. The molecule has 0 atom stereocenters. The Bertz CT molecular complexity index is 759. The van der Waals surface area contributed by atoms with Crippen molar-refractivity contribution in [2.45, 2.75) is 20.8 Å². The van der Waals surface area contributed by atoms with E-state index in [2.05, 4.69) is 18.7 Å². The van der Waals surface area contributed by atoms with Crippen LogP contribution in [-0.4, -0.2) is 31.3 Å². The maximum absolute atomic E-state index is 11.8. The third-order valence-electron chi connectivity index (χ3n) is 4.21. The highest BCUT2D eigenvalue weighted by Crippen LogP contribution is 2.29. The maximum Gasteiger partial charge on any atom is 0.336 e. The van der Waals surface area contributed by atoms with E-state index in [4.69, 9.17) is 4.74 Å². The number of anilines is 1. The van der Waals surface area contributed by atoms with Crippen molar-refractivity contribution in [2.75, 3.05) is 25.1 Å². The second kappa shape index (κ2) is 8.38. The first-order valence-corrected chi connectivity index (χ1v) is 8.45. The van der Waals surface area contributed by atoms with Gasteiger partial charge in [-0.1, -0.05) is 23.8 Å². The van der Waals surface area contributed by atoms with Crippen molar-refractivity contribution in [3.8, 4) is 5.75 Å².